The first-order chi connectivity index (χ1) is 11.2. The smallest absolute Gasteiger partial charge is 0.289 e. The van der Waals surface area contributed by atoms with Crippen molar-refractivity contribution in [1.29, 1.82) is 0 Å². The fourth-order valence-electron chi connectivity index (χ4n) is 2.07. The van der Waals surface area contributed by atoms with Crippen molar-refractivity contribution in [3.63, 3.8) is 0 Å². The molecule has 0 atom stereocenters. The molecule has 2 amide bonds. The first-order valence-electron chi connectivity index (χ1n) is 7.12. The zero-order valence-corrected chi connectivity index (χ0v) is 13.9. The quantitative estimate of drug-likeness (QED) is 0.804. The predicted octanol–water partition coefficient (Wildman–Crippen LogP) is 1.04. The van der Waals surface area contributed by atoms with Crippen LogP contribution in [0.15, 0.2) is 22.9 Å². The highest BCUT2D eigenvalue weighted by Crippen LogP contribution is 2.21. The van der Waals surface area contributed by atoms with E-state index in [4.69, 9.17) is 4.74 Å². The van der Waals surface area contributed by atoms with Crippen molar-refractivity contribution in [3.05, 3.63) is 33.5 Å². The lowest BCUT2D eigenvalue weighted by atomic mass is 10.3. The van der Waals surface area contributed by atoms with Gasteiger partial charge < -0.3 is 9.64 Å². The van der Waals surface area contributed by atoms with Gasteiger partial charge in [0.15, 0.2) is 5.13 Å². The molecular formula is C14H16N4O3S2. The van der Waals surface area contributed by atoms with Crippen molar-refractivity contribution in [1.82, 2.24) is 15.8 Å². The van der Waals surface area contributed by atoms with Crippen LogP contribution >= 0.6 is 22.7 Å². The van der Waals surface area contributed by atoms with Gasteiger partial charge in [0.2, 0.25) is 5.91 Å². The van der Waals surface area contributed by atoms with E-state index in [2.05, 4.69) is 20.7 Å². The Morgan fingerprint density at radius 2 is 2.09 bits per heavy atom. The van der Waals surface area contributed by atoms with Crippen LogP contribution in [0.1, 0.15) is 15.4 Å². The number of rotatable bonds is 4. The lowest BCUT2D eigenvalue weighted by molar-refractivity contribution is -0.121. The molecule has 0 aliphatic carbocycles. The second-order valence-electron chi connectivity index (χ2n) is 4.87. The van der Waals surface area contributed by atoms with E-state index in [-0.39, 0.29) is 12.3 Å². The van der Waals surface area contributed by atoms with E-state index in [1.165, 1.54) is 22.7 Å². The second kappa shape index (κ2) is 7.53. The zero-order valence-electron chi connectivity index (χ0n) is 12.3. The summed E-state index contributed by atoms with van der Waals surface area (Å²) in [6, 6.07) is 3.76. The molecule has 0 bridgehead atoms. The van der Waals surface area contributed by atoms with E-state index in [1.54, 1.807) is 5.38 Å². The third-order valence-corrected chi connectivity index (χ3v) is 5.01. The first kappa shape index (κ1) is 15.9. The largest absolute Gasteiger partial charge is 0.378 e. The maximum Gasteiger partial charge on any atom is 0.289 e. The number of nitrogens with zero attached hydrogens (tertiary/aromatic N) is 2. The number of thiazole rings is 1. The van der Waals surface area contributed by atoms with Crippen LogP contribution in [0, 0.1) is 0 Å². The number of hydrogen-bond donors (Lipinski definition) is 2. The van der Waals surface area contributed by atoms with Crippen LogP contribution in [-0.4, -0.2) is 43.1 Å². The molecule has 1 aliphatic heterocycles. The SMILES string of the molecule is O=C(Cc1cccs1)NNC(=O)c1csc(N2CCOCC2)n1. The lowest BCUT2D eigenvalue weighted by Crippen LogP contribution is -2.42. The molecule has 7 nitrogen and oxygen atoms in total. The molecule has 2 aromatic rings. The molecule has 0 radical (unpaired) electrons. The fraction of sp³-hybridized carbons (Fsp3) is 0.357. The van der Waals surface area contributed by atoms with Gasteiger partial charge in [-0.2, -0.15) is 0 Å². The average molecular weight is 352 g/mol. The number of thiophene rings is 1. The molecule has 1 aliphatic rings. The molecule has 0 spiro atoms. The van der Waals surface area contributed by atoms with Gasteiger partial charge >= 0.3 is 0 Å². The van der Waals surface area contributed by atoms with Crippen LogP contribution in [-0.2, 0) is 16.0 Å². The highest BCUT2D eigenvalue weighted by atomic mass is 32.1. The minimum Gasteiger partial charge on any atom is -0.378 e. The molecular weight excluding hydrogens is 336 g/mol. The molecule has 23 heavy (non-hydrogen) atoms. The molecule has 122 valence electrons. The summed E-state index contributed by atoms with van der Waals surface area (Å²) in [4.78, 5) is 31.1. The number of hydrazine groups is 1. The Morgan fingerprint density at radius 3 is 2.83 bits per heavy atom. The van der Waals surface area contributed by atoms with Gasteiger partial charge in [-0.3, -0.25) is 20.4 Å². The summed E-state index contributed by atoms with van der Waals surface area (Å²) in [5.41, 5.74) is 5.10. The van der Waals surface area contributed by atoms with E-state index < -0.39 is 5.91 Å². The van der Waals surface area contributed by atoms with Crippen molar-refractivity contribution < 1.29 is 14.3 Å². The van der Waals surface area contributed by atoms with Crippen LogP contribution in [0.2, 0.25) is 0 Å². The summed E-state index contributed by atoms with van der Waals surface area (Å²) < 4.78 is 5.29. The number of amides is 2. The third-order valence-electron chi connectivity index (χ3n) is 3.24. The summed E-state index contributed by atoms with van der Waals surface area (Å²) in [7, 11) is 0. The van der Waals surface area contributed by atoms with E-state index >= 15 is 0 Å². The van der Waals surface area contributed by atoms with Crippen LogP contribution in [0.5, 0.6) is 0 Å². The number of ether oxygens (including phenoxy) is 1. The van der Waals surface area contributed by atoms with Gasteiger partial charge in [-0.05, 0) is 11.4 Å². The van der Waals surface area contributed by atoms with Crippen molar-refractivity contribution in [3.8, 4) is 0 Å². The van der Waals surface area contributed by atoms with Gasteiger partial charge in [-0.15, -0.1) is 22.7 Å². The van der Waals surface area contributed by atoms with Crippen molar-refractivity contribution in [2.24, 2.45) is 0 Å². The second-order valence-corrected chi connectivity index (χ2v) is 6.74. The van der Waals surface area contributed by atoms with Gasteiger partial charge in [0, 0.05) is 23.3 Å². The van der Waals surface area contributed by atoms with Crippen LogP contribution in [0.25, 0.3) is 0 Å². The van der Waals surface area contributed by atoms with Crippen molar-refractivity contribution in [2.75, 3.05) is 31.2 Å². The number of carbonyl (C=O) groups excluding carboxylic acids is 2. The van der Waals surface area contributed by atoms with Crippen LogP contribution in [0.4, 0.5) is 5.13 Å². The van der Waals surface area contributed by atoms with E-state index in [0.29, 0.717) is 18.9 Å². The summed E-state index contributed by atoms with van der Waals surface area (Å²) in [6.07, 6.45) is 0.244. The number of nitrogens with one attached hydrogen (secondary N) is 2. The van der Waals surface area contributed by atoms with Gasteiger partial charge in [0.05, 0.1) is 19.6 Å². The number of carbonyl (C=O) groups is 2. The molecule has 1 saturated heterocycles. The average Bonchev–Trinajstić information content (AvgIpc) is 3.25. The Balaban J connectivity index is 1.50. The van der Waals surface area contributed by atoms with E-state index in [9.17, 15) is 9.59 Å². The fourth-order valence-corrected chi connectivity index (χ4v) is 3.64. The molecule has 1 fully saturated rings. The predicted molar refractivity (Wildman–Crippen MR) is 88.8 cm³/mol. The van der Waals surface area contributed by atoms with Crippen LogP contribution < -0.4 is 15.8 Å². The molecule has 3 heterocycles. The summed E-state index contributed by atoms with van der Waals surface area (Å²) >= 11 is 2.91. The normalized spacial score (nSPS) is 14.5. The van der Waals surface area contributed by atoms with Crippen molar-refractivity contribution >= 4 is 39.6 Å². The molecule has 0 aromatic carbocycles. The number of aromatic nitrogens is 1. The Labute approximate surface area is 141 Å². The zero-order chi connectivity index (χ0) is 16.1. The monoisotopic (exact) mass is 352 g/mol. The number of hydrogen-bond acceptors (Lipinski definition) is 7. The maximum absolute atomic E-state index is 12.0. The van der Waals surface area contributed by atoms with Gasteiger partial charge in [-0.1, -0.05) is 6.07 Å². The van der Waals surface area contributed by atoms with E-state index in [0.717, 1.165) is 23.1 Å². The van der Waals surface area contributed by atoms with E-state index in [1.807, 2.05) is 17.5 Å². The van der Waals surface area contributed by atoms with Crippen molar-refractivity contribution in [2.45, 2.75) is 6.42 Å². The molecule has 9 heteroatoms. The molecule has 2 aromatic heterocycles. The van der Waals surface area contributed by atoms with Gasteiger partial charge in [0.1, 0.15) is 5.69 Å². The number of morpholine rings is 1. The molecule has 3 rings (SSSR count). The van der Waals surface area contributed by atoms with Gasteiger partial charge in [0.25, 0.3) is 5.91 Å². The summed E-state index contributed by atoms with van der Waals surface area (Å²) in [5.74, 6) is -0.676. The minimum absolute atomic E-state index is 0.244. The molecule has 0 saturated carbocycles. The topological polar surface area (TPSA) is 83.6 Å². The van der Waals surface area contributed by atoms with Gasteiger partial charge in [-0.25, -0.2) is 4.98 Å². The number of anilines is 1. The first-order valence-corrected chi connectivity index (χ1v) is 8.88. The Kier molecular flexibility index (Phi) is 5.21. The highest BCUT2D eigenvalue weighted by molar-refractivity contribution is 7.14. The Morgan fingerprint density at radius 1 is 1.26 bits per heavy atom. The standard InChI is InChI=1S/C14H16N4O3S2/c19-12(8-10-2-1-7-22-10)16-17-13(20)11-9-23-14(15-11)18-3-5-21-6-4-18/h1-2,7,9H,3-6,8H2,(H,16,19)(H,17,20). The maximum atomic E-state index is 12.0. The van der Waals surface area contributed by atoms with Crippen LogP contribution in [0.3, 0.4) is 0 Å². The molecule has 2 N–H and O–H groups in total. The summed E-state index contributed by atoms with van der Waals surface area (Å²) in [6.45, 7) is 2.87. The lowest BCUT2D eigenvalue weighted by Gasteiger charge is -2.25. The molecule has 0 unspecified atom stereocenters. The Bertz CT molecular complexity index is 665. The minimum atomic E-state index is -0.416. The summed E-state index contributed by atoms with van der Waals surface area (Å²) in [5, 5.41) is 4.39. The third kappa shape index (κ3) is 4.27. The Hall–Kier alpha value is -1.97. The highest BCUT2D eigenvalue weighted by Gasteiger charge is 2.17.